The zero-order valence-corrected chi connectivity index (χ0v) is 15.5. The van der Waals surface area contributed by atoms with Gasteiger partial charge in [-0.05, 0) is 42.6 Å². The first-order valence-corrected chi connectivity index (χ1v) is 9.39. The number of aryl methyl sites for hydroxylation is 1. The molecular weight excluding hydrogens is 358 g/mol. The summed E-state index contributed by atoms with van der Waals surface area (Å²) < 4.78 is 0. The van der Waals surface area contributed by atoms with E-state index in [9.17, 15) is 9.59 Å². The third kappa shape index (κ3) is 3.39. The number of amides is 2. The molecule has 0 aliphatic carbocycles. The lowest BCUT2D eigenvalue weighted by molar-refractivity contribution is -0.137. The molecule has 3 aromatic rings. The van der Waals surface area contributed by atoms with Crippen LogP contribution in [-0.2, 0) is 16.1 Å². The van der Waals surface area contributed by atoms with Crippen molar-refractivity contribution in [3.63, 3.8) is 0 Å². The smallest absolute Gasteiger partial charge is 0.278 e. The fourth-order valence-electron chi connectivity index (χ4n) is 2.92. The first-order chi connectivity index (χ1) is 13.1. The summed E-state index contributed by atoms with van der Waals surface area (Å²) in [7, 11) is 0. The van der Waals surface area contributed by atoms with Crippen molar-refractivity contribution in [3.05, 3.63) is 88.0 Å². The maximum Gasteiger partial charge on any atom is 0.278 e. The molecule has 0 radical (unpaired) electrons. The van der Waals surface area contributed by atoms with Gasteiger partial charge in [-0.1, -0.05) is 29.8 Å². The normalized spacial score (nSPS) is 14.2. The van der Waals surface area contributed by atoms with Crippen molar-refractivity contribution in [2.45, 2.75) is 13.5 Å². The van der Waals surface area contributed by atoms with E-state index in [-0.39, 0.29) is 18.4 Å². The molecule has 4 rings (SSSR count). The standard InChI is InChI=1S/C21H17N3O2S/c1-14-7-9-15(10-8-14)23-19-18(17-6-4-12-27-17)20(25)24(21(19)26)13-16-5-2-3-11-22-16/h2-12,23H,13H2,1H3. The van der Waals surface area contributed by atoms with Crippen LogP contribution in [-0.4, -0.2) is 21.7 Å². The highest BCUT2D eigenvalue weighted by Crippen LogP contribution is 2.33. The second kappa shape index (κ2) is 7.17. The molecule has 3 heterocycles. The first kappa shape index (κ1) is 17.2. The van der Waals surface area contributed by atoms with E-state index >= 15 is 0 Å². The predicted octanol–water partition coefficient (Wildman–Crippen LogP) is 3.84. The SMILES string of the molecule is Cc1ccc(NC2=C(c3cccs3)C(=O)N(Cc3ccccn3)C2=O)cc1. The Labute approximate surface area is 161 Å². The number of hydrogen-bond donors (Lipinski definition) is 1. The maximum atomic E-state index is 13.1. The number of pyridine rings is 1. The average Bonchev–Trinajstić information content (AvgIpc) is 3.28. The summed E-state index contributed by atoms with van der Waals surface area (Å²) in [4.78, 5) is 32.4. The van der Waals surface area contributed by atoms with E-state index in [4.69, 9.17) is 0 Å². The quantitative estimate of drug-likeness (QED) is 0.688. The second-order valence-corrected chi connectivity index (χ2v) is 7.18. The van der Waals surface area contributed by atoms with Gasteiger partial charge in [0.25, 0.3) is 11.8 Å². The lowest BCUT2D eigenvalue weighted by Crippen LogP contribution is -2.32. The fraction of sp³-hybridized carbons (Fsp3) is 0.0952. The molecule has 0 atom stereocenters. The summed E-state index contributed by atoms with van der Waals surface area (Å²) in [5, 5.41) is 5.05. The summed E-state index contributed by atoms with van der Waals surface area (Å²) in [6.07, 6.45) is 1.65. The summed E-state index contributed by atoms with van der Waals surface area (Å²) in [6, 6.07) is 16.9. The molecule has 1 aliphatic heterocycles. The second-order valence-electron chi connectivity index (χ2n) is 6.24. The average molecular weight is 375 g/mol. The highest BCUT2D eigenvalue weighted by molar-refractivity contribution is 7.11. The van der Waals surface area contributed by atoms with Crippen LogP contribution in [0, 0.1) is 6.92 Å². The Bertz CT molecular complexity index is 1010. The number of benzene rings is 1. The minimum atomic E-state index is -0.338. The van der Waals surface area contributed by atoms with E-state index in [0.717, 1.165) is 16.1 Å². The van der Waals surface area contributed by atoms with E-state index in [0.29, 0.717) is 17.0 Å². The summed E-state index contributed by atoms with van der Waals surface area (Å²) in [5.41, 5.74) is 3.28. The number of thiophene rings is 1. The number of rotatable bonds is 5. The Morgan fingerprint density at radius 3 is 2.48 bits per heavy atom. The van der Waals surface area contributed by atoms with Crippen LogP contribution < -0.4 is 5.32 Å². The van der Waals surface area contributed by atoms with Gasteiger partial charge in [0.1, 0.15) is 5.70 Å². The topological polar surface area (TPSA) is 62.3 Å². The minimum absolute atomic E-state index is 0.145. The van der Waals surface area contributed by atoms with Crippen molar-refractivity contribution in [2.75, 3.05) is 5.32 Å². The zero-order chi connectivity index (χ0) is 18.8. The van der Waals surface area contributed by atoms with Crippen LogP contribution in [0.3, 0.4) is 0 Å². The molecule has 1 aliphatic rings. The molecule has 5 nitrogen and oxygen atoms in total. The van der Waals surface area contributed by atoms with Crippen LogP contribution in [0.2, 0.25) is 0 Å². The third-order valence-corrected chi connectivity index (χ3v) is 5.19. The molecule has 1 N–H and O–H groups in total. The van der Waals surface area contributed by atoms with Gasteiger partial charge in [0.15, 0.2) is 0 Å². The number of nitrogens with zero attached hydrogens (tertiary/aromatic N) is 2. The zero-order valence-electron chi connectivity index (χ0n) is 14.7. The van der Waals surface area contributed by atoms with Crippen molar-refractivity contribution < 1.29 is 9.59 Å². The molecule has 27 heavy (non-hydrogen) atoms. The van der Waals surface area contributed by atoms with Crippen LogP contribution in [0.4, 0.5) is 5.69 Å². The molecule has 0 unspecified atom stereocenters. The Hall–Kier alpha value is -3.25. The number of anilines is 1. The Morgan fingerprint density at radius 2 is 1.81 bits per heavy atom. The number of carbonyl (C=O) groups excluding carboxylic acids is 2. The van der Waals surface area contributed by atoms with E-state index in [2.05, 4.69) is 10.3 Å². The molecule has 0 bridgehead atoms. The Balaban J connectivity index is 1.70. The van der Waals surface area contributed by atoms with E-state index < -0.39 is 0 Å². The fourth-order valence-corrected chi connectivity index (χ4v) is 3.69. The third-order valence-electron chi connectivity index (χ3n) is 4.30. The van der Waals surface area contributed by atoms with Crippen molar-refractivity contribution in [1.29, 1.82) is 0 Å². The van der Waals surface area contributed by atoms with Gasteiger partial charge in [0.05, 0.1) is 17.8 Å². The number of aromatic nitrogens is 1. The van der Waals surface area contributed by atoms with Crippen molar-refractivity contribution in [1.82, 2.24) is 9.88 Å². The number of carbonyl (C=O) groups is 2. The van der Waals surface area contributed by atoms with Gasteiger partial charge < -0.3 is 5.32 Å². The Kier molecular flexibility index (Phi) is 4.56. The van der Waals surface area contributed by atoms with Gasteiger partial charge in [-0.2, -0.15) is 0 Å². The van der Waals surface area contributed by atoms with E-state index in [1.807, 2.05) is 54.8 Å². The molecular formula is C21H17N3O2S. The highest BCUT2D eigenvalue weighted by atomic mass is 32.1. The van der Waals surface area contributed by atoms with Gasteiger partial charge >= 0.3 is 0 Å². The minimum Gasteiger partial charge on any atom is -0.350 e. The van der Waals surface area contributed by atoms with Gasteiger partial charge in [-0.25, -0.2) is 0 Å². The maximum absolute atomic E-state index is 13.1. The van der Waals surface area contributed by atoms with Crippen LogP contribution >= 0.6 is 11.3 Å². The van der Waals surface area contributed by atoms with Crippen LogP contribution in [0.5, 0.6) is 0 Å². The predicted molar refractivity (Wildman–Crippen MR) is 106 cm³/mol. The monoisotopic (exact) mass is 375 g/mol. The molecule has 6 heteroatoms. The first-order valence-electron chi connectivity index (χ1n) is 8.51. The van der Waals surface area contributed by atoms with Crippen LogP contribution in [0.15, 0.2) is 71.9 Å². The molecule has 0 saturated carbocycles. The molecule has 0 saturated heterocycles. The van der Waals surface area contributed by atoms with Crippen LogP contribution in [0.25, 0.3) is 5.57 Å². The van der Waals surface area contributed by atoms with Gasteiger partial charge in [-0.3, -0.25) is 19.5 Å². The number of nitrogens with one attached hydrogen (secondary N) is 1. The highest BCUT2D eigenvalue weighted by Gasteiger charge is 2.39. The molecule has 1 aromatic carbocycles. The van der Waals surface area contributed by atoms with Crippen LogP contribution in [0.1, 0.15) is 16.1 Å². The van der Waals surface area contributed by atoms with Crippen molar-refractivity contribution in [2.24, 2.45) is 0 Å². The molecule has 2 aromatic heterocycles. The molecule has 2 amide bonds. The van der Waals surface area contributed by atoms with Gasteiger partial charge in [-0.15, -0.1) is 11.3 Å². The number of imide groups is 1. The van der Waals surface area contributed by atoms with Gasteiger partial charge in [0, 0.05) is 16.8 Å². The Morgan fingerprint density at radius 1 is 1.00 bits per heavy atom. The summed E-state index contributed by atoms with van der Waals surface area (Å²) in [6.45, 7) is 2.14. The van der Waals surface area contributed by atoms with E-state index in [1.54, 1.807) is 18.3 Å². The van der Waals surface area contributed by atoms with Crippen molar-refractivity contribution >= 4 is 34.4 Å². The largest absolute Gasteiger partial charge is 0.350 e. The lowest BCUT2D eigenvalue weighted by atomic mass is 10.1. The van der Waals surface area contributed by atoms with Gasteiger partial charge in [0.2, 0.25) is 0 Å². The molecule has 134 valence electrons. The molecule has 0 fully saturated rings. The van der Waals surface area contributed by atoms with Crippen molar-refractivity contribution in [3.8, 4) is 0 Å². The number of hydrogen-bond acceptors (Lipinski definition) is 5. The lowest BCUT2D eigenvalue weighted by Gasteiger charge is -2.14. The summed E-state index contributed by atoms with van der Waals surface area (Å²) >= 11 is 1.44. The van der Waals surface area contributed by atoms with E-state index in [1.165, 1.54) is 16.2 Å². The summed E-state index contributed by atoms with van der Waals surface area (Å²) in [5.74, 6) is -0.641. The molecule has 0 spiro atoms.